The number of ether oxygens (including phenoxy) is 1. The van der Waals surface area contributed by atoms with Gasteiger partial charge in [0.1, 0.15) is 11.6 Å². The van der Waals surface area contributed by atoms with Crippen LogP contribution in [-0.4, -0.2) is 25.0 Å². The number of fused-ring (bicyclic) bond motifs is 1. The van der Waals surface area contributed by atoms with Crippen molar-refractivity contribution in [2.24, 2.45) is 5.92 Å². The molecule has 0 spiro atoms. The molecule has 0 saturated carbocycles. The smallest absolute Gasteiger partial charge is 0.328 e. The Morgan fingerprint density at radius 1 is 1.26 bits per heavy atom. The lowest BCUT2D eigenvalue weighted by atomic mass is 10.0. The Bertz CT molecular complexity index is 778. The van der Waals surface area contributed by atoms with Crippen LogP contribution in [0, 0.1) is 5.92 Å². The third-order valence-electron chi connectivity index (χ3n) is 3.36. The van der Waals surface area contributed by atoms with Crippen LogP contribution >= 0.6 is 0 Å². The molecule has 0 aliphatic carbocycles. The van der Waals surface area contributed by atoms with Crippen LogP contribution in [-0.2, 0) is 9.53 Å². The molecule has 0 aliphatic heterocycles. The maximum absolute atomic E-state index is 12.3. The second-order valence-electron chi connectivity index (χ2n) is 5.65. The monoisotopic (exact) mass is 317 g/mol. The van der Waals surface area contributed by atoms with Gasteiger partial charge in [-0.15, -0.1) is 0 Å². The number of para-hydroxylation sites is 1. The fraction of sp³-hybridized carbons (Fsp3) is 0.353. The van der Waals surface area contributed by atoms with Gasteiger partial charge in [-0.25, -0.2) is 4.79 Å². The Labute approximate surface area is 133 Å². The average Bonchev–Trinajstić information content (AvgIpc) is 2.53. The van der Waals surface area contributed by atoms with Crippen LogP contribution < -0.4 is 10.7 Å². The van der Waals surface area contributed by atoms with E-state index in [2.05, 4.69) is 5.32 Å². The summed E-state index contributed by atoms with van der Waals surface area (Å²) >= 11 is 0. The summed E-state index contributed by atoms with van der Waals surface area (Å²) in [5, 5.41) is 2.96. The first-order chi connectivity index (χ1) is 10.9. The minimum Gasteiger partial charge on any atom is -0.467 e. The number of amides is 1. The SMILES string of the molecule is COC(=O)[C@H](CC(C)C)NC(=O)c1cc(=O)c2ccccc2o1. The van der Waals surface area contributed by atoms with Crippen LogP contribution in [0.4, 0.5) is 0 Å². The van der Waals surface area contributed by atoms with E-state index in [1.165, 1.54) is 7.11 Å². The van der Waals surface area contributed by atoms with E-state index in [1.807, 2.05) is 13.8 Å². The fourth-order valence-corrected chi connectivity index (χ4v) is 2.27. The first kappa shape index (κ1) is 16.7. The van der Waals surface area contributed by atoms with Crippen LogP contribution in [0.5, 0.6) is 0 Å². The van der Waals surface area contributed by atoms with Gasteiger partial charge in [0, 0.05) is 6.07 Å². The standard InChI is InChI=1S/C17H19NO5/c1-10(2)8-12(17(21)22-3)18-16(20)15-9-13(19)11-6-4-5-7-14(11)23-15/h4-7,9-10,12H,8H2,1-3H3,(H,18,20)/t12-/m0/s1. The number of carbonyl (C=O) groups excluding carboxylic acids is 2. The predicted octanol–water partition coefficient (Wildman–Crippen LogP) is 2.11. The van der Waals surface area contributed by atoms with Crippen molar-refractivity contribution in [3.63, 3.8) is 0 Å². The summed E-state index contributed by atoms with van der Waals surface area (Å²) in [5.74, 6) is -1.10. The maximum atomic E-state index is 12.3. The van der Waals surface area contributed by atoms with E-state index in [0.29, 0.717) is 17.4 Å². The molecule has 1 N–H and O–H groups in total. The van der Waals surface area contributed by atoms with Crippen LogP contribution in [0.2, 0.25) is 0 Å². The highest BCUT2D eigenvalue weighted by Gasteiger charge is 2.24. The Morgan fingerprint density at radius 3 is 2.61 bits per heavy atom. The van der Waals surface area contributed by atoms with Crippen molar-refractivity contribution in [1.82, 2.24) is 5.32 Å². The van der Waals surface area contributed by atoms with Gasteiger partial charge in [-0.3, -0.25) is 9.59 Å². The number of hydrogen-bond donors (Lipinski definition) is 1. The number of benzene rings is 1. The summed E-state index contributed by atoms with van der Waals surface area (Å²) in [5.41, 5.74) is 0.0131. The molecule has 0 unspecified atom stereocenters. The van der Waals surface area contributed by atoms with Crippen molar-refractivity contribution in [2.75, 3.05) is 7.11 Å². The highest BCUT2D eigenvalue weighted by Crippen LogP contribution is 2.13. The second kappa shape index (κ2) is 7.09. The number of nitrogens with one attached hydrogen (secondary N) is 1. The second-order valence-corrected chi connectivity index (χ2v) is 5.65. The summed E-state index contributed by atoms with van der Waals surface area (Å²) < 4.78 is 10.2. The third kappa shape index (κ3) is 3.97. The fourth-order valence-electron chi connectivity index (χ4n) is 2.27. The van der Waals surface area contributed by atoms with Gasteiger partial charge < -0.3 is 14.5 Å². The summed E-state index contributed by atoms with van der Waals surface area (Å²) in [7, 11) is 1.26. The number of carbonyl (C=O) groups is 2. The molecular weight excluding hydrogens is 298 g/mol. The van der Waals surface area contributed by atoms with Crippen LogP contribution in [0.1, 0.15) is 30.8 Å². The van der Waals surface area contributed by atoms with Gasteiger partial charge in [-0.2, -0.15) is 0 Å². The van der Waals surface area contributed by atoms with Crippen molar-refractivity contribution in [2.45, 2.75) is 26.3 Å². The highest BCUT2D eigenvalue weighted by atomic mass is 16.5. The molecule has 1 aromatic heterocycles. The van der Waals surface area contributed by atoms with E-state index >= 15 is 0 Å². The molecule has 1 aromatic carbocycles. The van der Waals surface area contributed by atoms with Gasteiger partial charge in [0.15, 0.2) is 11.2 Å². The molecule has 2 aromatic rings. The summed E-state index contributed by atoms with van der Waals surface area (Å²) in [6.07, 6.45) is 0.427. The average molecular weight is 317 g/mol. The van der Waals surface area contributed by atoms with Crippen LogP contribution in [0.3, 0.4) is 0 Å². The minimum atomic E-state index is -0.788. The lowest BCUT2D eigenvalue weighted by Crippen LogP contribution is -2.42. The summed E-state index contributed by atoms with van der Waals surface area (Å²) in [6, 6.07) is 7.00. The van der Waals surface area contributed by atoms with E-state index in [0.717, 1.165) is 6.07 Å². The molecule has 1 heterocycles. The van der Waals surface area contributed by atoms with Crippen LogP contribution in [0.25, 0.3) is 11.0 Å². The van der Waals surface area contributed by atoms with E-state index in [1.54, 1.807) is 24.3 Å². The zero-order valence-electron chi connectivity index (χ0n) is 13.3. The van der Waals surface area contributed by atoms with Gasteiger partial charge in [0.05, 0.1) is 12.5 Å². The van der Waals surface area contributed by atoms with Crippen molar-refractivity contribution < 1.29 is 18.7 Å². The molecule has 6 heteroatoms. The Hall–Kier alpha value is -2.63. The topological polar surface area (TPSA) is 85.6 Å². The Kier molecular flexibility index (Phi) is 5.16. The lowest BCUT2D eigenvalue weighted by Gasteiger charge is -2.17. The van der Waals surface area contributed by atoms with Gasteiger partial charge in [0.25, 0.3) is 5.91 Å². The summed E-state index contributed by atoms with van der Waals surface area (Å²) in [6.45, 7) is 3.86. The zero-order chi connectivity index (χ0) is 17.0. The van der Waals surface area contributed by atoms with E-state index in [-0.39, 0.29) is 17.1 Å². The van der Waals surface area contributed by atoms with Crippen molar-refractivity contribution in [3.8, 4) is 0 Å². The quantitative estimate of drug-likeness (QED) is 0.854. The van der Waals surface area contributed by atoms with Gasteiger partial charge in [-0.05, 0) is 24.5 Å². The van der Waals surface area contributed by atoms with Crippen molar-refractivity contribution >= 4 is 22.8 Å². The van der Waals surface area contributed by atoms with Crippen molar-refractivity contribution in [1.29, 1.82) is 0 Å². The van der Waals surface area contributed by atoms with E-state index in [9.17, 15) is 14.4 Å². The number of methoxy groups -OCH3 is 1. The van der Waals surface area contributed by atoms with Crippen molar-refractivity contribution in [3.05, 3.63) is 46.3 Å². The normalized spacial score (nSPS) is 12.2. The zero-order valence-corrected chi connectivity index (χ0v) is 13.3. The number of hydrogen-bond acceptors (Lipinski definition) is 5. The molecule has 2 rings (SSSR count). The van der Waals surface area contributed by atoms with Gasteiger partial charge in [-0.1, -0.05) is 26.0 Å². The first-order valence-corrected chi connectivity index (χ1v) is 7.34. The molecular formula is C17H19NO5. The summed E-state index contributed by atoms with van der Waals surface area (Å²) in [4.78, 5) is 36.1. The molecule has 0 bridgehead atoms. The molecule has 1 amide bonds. The molecule has 6 nitrogen and oxygen atoms in total. The largest absolute Gasteiger partial charge is 0.467 e. The first-order valence-electron chi connectivity index (χ1n) is 7.34. The van der Waals surface area contributed by atoms with Gasteiger partial charge >= 0.3 is 5.97 Å². The Morgan fingerprint density at radius 2 is 1.96 bits per heavy atom. The maximum Gasteiger partial charge on any atom is 0.328 e. The molecule has 0 fully saturated rings. The minimum absolute atomic E-state index is 0.133. The molecule has 0 saturated heterocycles. The number of rotatable bonds is 5. The third-order valence-corrected chi connectivity index (χ3v) is 3.36. The van der Waals surface area contributed by atoms with E-state index in [4.69, 9.17) is 9.15 Å². The molecule has 1 atom stereocenters. The van der Waals surface area contributed by atoms with E-state index < -0.39 is 17.9 Å². The molecule has 122 valence electrons. The molecule has 0 aliphatic rings. The molecule has 0 radical (unpaired) electrons. The molecule has 23 heavy (non-hydrogen) atoms. The Balaban J connectivity index is 2.28. The highest BCUT2D eigenvalue weighted by molar-refractivity contribution is 5.95. The number of esters is 1. The van der Waals surface area contributed by atoms with Gasteiger partial charge in [0.2, 0.25) is 0 Å². The lowest BCUT2D eigenvalue weighted by molar-refractivity contribution is -0.143. The predicted molar refractivity (Wildman–Crippen MR) is 85.2 cm³/mol. The van der Waals surface area contributed by atoms with Crippen LogP contribution in [0.15, 0.2) is 39.5 Å².